The van der Waals surface area contributed by atoms with Crippen molar-refractivity contribution in [3.8, 4) is 11.3 Å². The lowest BCUT2D eigenvalue weighted by molar-refractivity contribution is -0.124. The van der Waals surface area contributed by atoms with Crippen LogP contribution in [0.3, 0.4) is 0 Å². The molecule has 0 bridgehead atoms. The minimum atomic E-state index is -0.150. The number of fused-ring (bicyclic) bond motifs is 1. The third-order valence-corrected chi connectivity index (χ3v) is 5.40. The molecule has 0 unspecified atom stereocenters. The number of amides is 2. The molecule has 1 aliphatic rings. The number of anilines is 1. The zero-order chi connectivity index (χ0) is 20.9. The molecule has 0 saturated heterocycles. The molecule has 3 aromatic rings. The van der Waals surface area contributed by atoms with Crippen LogP contribution in [0.5, 0.6) is 0 Å². The van der Waals surface area contributed by atoms with Gasteiger partial charge in [-0.1, -0.05) is 54.6 Å². The maximum absolute atomic E-state index is 12.5. The van der Waals surface area contributed by atoms with Crippen molar-refractivity contribution in [3.63, 3.8) is 0 Å². The van der Waals surface area contributed by atoms with E-state index in [4.69, 9.17) is 0 Å². The summed E-state index contributed by atoms with van der Waals surface area (Å²) in [6.07, 6.45) is 2.12. The zero-order valence-electron chi connectivity index (χ0n) is 17.2. The Hall–Kier alpha value is -3.41. The Bertz CT molecular complexity index is 1040. The molecule has 1 aliphatic heterocycles. The Balaban J connectivity index is 1.39. The number of carbonyl (C=O) groups excluding carboxylic acids is 2. The van der Waals surface area contributed by atoms with Crippen LogP contribution < -0.4 is 10.2 Å². The van der Waals surface area contributed by atoms with Gasteiger partial charge in [-0.2, -0.15) is 5.10 Å². The molecular weight excluding hydrogens is 376 g/mol. The van der Waals surface area contributed by atoms with Crippen molar-refractivity contribution in [2.24, 2.45) is 0 Å². The first-order chi connectivity index (χ1) is 14.6. The van der Waals surface area contributed by atoms with Crippen molar-refractivity contribution < 1.29 is 9.59 Å². The maximum Gasteiger partial charge on any atom is 0.240 e. The highest BCUT2D eigenvalue weighted by Gasteiger charge is 2.28. The standard InChI is InChI=1S/C24H26N4O2/c1-18-8-5-6-12-20(18)21-16-23-27(24(30)13-15-28(23)26-21)17-22(29)25-14-7-11-19-9-3-2-4-10-19/h2-6,8-10,12,16H,7,11,13-15,17H2,1H3,(H,25,29). The predicted molar refractivity (Wildman–Crippen MR) is 117 cm³/mol. The molecular formula is C24H26N4O2. The van der Waals surface area contributed by atoms with E-state index in [9.17, 15) is 9.59 Å². The van der Waals surface area contributed by atoms with Gasteiger partial charge in [0, 0.05) is 24.6 Å². The van der Waals surface area contributed by atoms with Crippen molar-refractivity contribution in [1.29, 1.82) is 0 Å². The van der Waals surface area contributed by atoms with Crippen LogP contribution in [0.1, 0.15) is 24.0 Å². The average Bonchev–Trinajstić information content (AvgIpc) is 3.19. The first-order valence-corrected chi connectivity index (χ1v) is 10.4. The third-order valence-electron chi connectivity index (χ3n) is 5.40. The number of nitrogens with zero attached hydrogens (tertiary/aromatic N) is 3. The quantitative estimate of drug-likeness (QED) is 0.617. The number of carbonyl (C=O) groups is 2. The second-order valence-corrected chi connectivity index (χ2v) is 7.59. The molecule has 0 atom stereocenters. The van der Waals surface area contributed by atoms with Crippen molar-refractivity contribution in [3.05, 3.63) is 71.8 Å². The Kier molecular flexibility index (Phi) is 5.93. The highest BCUT2D eigenvalue weighted by molar-refractivity contribution is 5.99. The number of hydrogen-bond acceptors (Lipinski definition) is 3. The van der Waals surface area contributed by atoms with Gasteiger partial charge in [-0.15, -0.1) is 0 Å². The molecule has 6 heteroatoms. The number of hydrogen-bond donors (Lipinski definition) is 1. The third kappa shape index (κ3) is 4.43. The molecule has 0 aliphatic carbocycles. The van der Waals surface area contributed by atoms with Crippen molar-refractivity contribution in [1.82, 2.24) is 15.1 Å². The average molecular weight is 402 g/mol. The highest BCUT2D eigenvalue weighted by Crippen LogP contribution is 2.29. The number of rotatable bonds is 7. The van der Waals surface area contributed by atoms with Gasteiger partial charge in [0.15, 0.2) is 0 Å². The lowest BCUT2D eigenvalue weighted by Gasteiger charge is -2.26. The summed E-state index contributed by atoms with van der Waals surface area (Å²) in [5.41, 5.74) is 4.25. The van der Waals surface area contributed by atoms with Gasteiger partial charge in [-0.25, -0.2) is 4.68 Å². The van der Waals surface area contributed by atoms with Crippen LogP contribution >= 0.6 is 0 Å². The summed E-state index contributed by atoms with van der Waals surface area (Å²) in [7, 11) is 0. The minimum absolute atomic E-state index is 0.0169. The summed E-state index contributed by atoms with van der Waals surface area (Å²) in [6, 6.07) is 20.1. The second-order valence-electron chi connectivity index (χ2n) is 7.59. The first kappa shape index (κ1) is 19.9. The fourth-order valence-corrected chi connectivity index (χ4v) is 3.78. The summed E-state index contributed by atoms with van der Waals surface area (Å²) < 4.78 is 1.83. The fourth-order valence-electron chi connectivity index (χ4n) is 3.78. The first-order valence-electron chi connectivity index (χ1n) is 10.4. The van der Waals surface area contributed by atoms with E-state index in [0.717, 1.165) is 29.7 Å². The van der Waals surface area contributed by atoms with E-state index in [1.165, 1.54) is 5.56 Å². The smallest absolute Gasteiger partial charge is 0.240 e. The van der Waals surface area contributed by atoms with Crippen LogP contribution in [0.25, 0.3) is 11.3 Å². The summed E-state index contributed by atoms with van der Waals surface area (Å²) in [4.78, 5) is 26.5. The van der Waals surface area contributed by atoms with Gasteiger partial charge in [-0.3, -0.25) is 14.5 Å². The van der Waals surface area contributed by atoms with Crippen molar-refractivity contribution >= 4 is 17.6 Å². The Morgan fingerprint density at radius 3 is 2.67 bits per heavy atom. The predicted octanol–water partition coefficient (Wildman–Crippen LogP) is 3.34. The van der Waals surface area contributed by atoms with Gasteiger partial charge in [-0.05, 0) is 30.9 Å². The van der Waals surface area contributed by atoms with Crippen LogP contribution in [0.15, 0.2) is 60.7 Å². The van der Waals surface area contributed by atoms with E-state index in [-0.39, 0.29) is 18.4 Å². The van der Waals surface area contributed by atoms with Gasteiger partial charge < -0.3 is 5.32 Å². The number of nitrogens with one attached hydrogen (secondary N) is 1. The zero-order valence-corrected chi connectivity index (χ0v) is 17.2. The van der Waals surface area contributed by atoms with Crippen molar-refractivity contribution in [2.45, 2.75) is 32.7 Å². The van der Waals surface area contributed by atoms with E-state index < -0.39 is 0 Å². The normalized spacial score (nSPS) is 13.2. The van der Waals surface area contributed by atoms with E-state index >= 15 is 0 Å². The van der Waals surface area contributed by atoms with E-state index in [0.29, 0.717) is 25.3 Å². The van der Waals surface area contributed by atoms with E-state index in [1.807, 2.05) is 60.1 Å². The highest BCUT2D eigenvalue weighted by atomic mass is 16.2. The van der Waals surface area contributed by atoms with Crippen LogP contribution in [-0.4, -0.2) is 34.7 Å². The van der Waals surface area contributed by atoms with Gasteiger partial charge in [0.2, 0.25) is 11.8 Å². The van der Waals surface area contributed by atoms with Crippen molar-refractivity contribution in [2.75, 3.05) is 18.0 Å². The molecule has 0 radical (unpaired) electrons. The summed E-state index contributed by atoms with van der Waals surface area (Å²) >= 11 is 0. The Labute approximate surface area is 176 Å². The molecule has 30 heavy (non-hydrogen) atoms. The van der Waals surface area contributed by atoms with Gasteiger partial charge in [0.25, 0.3) is 0 Å². The number of aryl methyl sites for hydroxylation is 3. The minimum Gasteiger partial charge on any atom is -0.355 e. The lowest BCUT2D eigenvalue weighted by Crippen LogP contribution is -2.44. The molecule has 1 aromatic heterocycles. The topological polar surface area (TPSA) is 67.2 Å². The molecule has 2 heterocycles. The van der Waals surface area contributed by atoms with Crippen LogP contribution in [0.4, 0.5) is 5.82 Å². The van der Waals surface area contributed by atoms with Gasteiger partial charge in [0.1, 0.15) is 12.4 Å². The summed E-state index contributed by atoms with van der Waals surface area (Å²) in [5.74, 6) is 0.491. The summed E-state index contributed by atoms with van der Waals surface area (Å²) in [6.45, 7) is 3.18. The Morgan fingerprint density at radius 2 is 1.87 bits per heavy atom. The number of benzene rings is 2. The Morgan fingerprint density at radius 1 is 1.10 bits per heavy atom. The van der Waals surface area contributed by atoms with E-state index in [1.54, 1.807) is 4.90 Å². The fraction of sp³-hybridized carbons (Fsp3) is 0.292. The monoisotopic (exact) mass is 402 g/mol. The number of aromatic nitrogens is 2. The lowest BCUT2D eigenvalue weighted by atomic mass is 10.1. The molecule has 2 aromatic carbocycles. The molecule has 2 amide bonds. The largest absolute Gasteiger partial charge is 0.355 e. The molecule has 0 saturated carbocycles. The molecule has 0 spiro atoms. The van der Waals surface area contributed by atoms with Crippen LogP contribution in [0, 0.1) is 6.92 Å². The van der Waals surface area contributed by atoms with Crippen LogP contribution in [0.2, 0.25) is 0 Å². The summed E-state index contributed by atoms with van der Waals surface area (Å²) in [5, 5.41) is 7.61. The second kappa shape index (κ2) is 8.95. The molecule has 1 N–H and O–H groups in total. The van der Waals surface area contributed by atoms with E-state index in [2.05, 4.69) is 22.5 Å². The van der Waals surface area contributed by atoms with Crippen LogP contribution in [-0.2, 0) is 22.6 Å². The molecule has 154 valence electrons. The molecule has 4 rings (SSSR count). The SMILES string of the molecule is Cc1ccccc1-c1cc2n(n1)CCC(=O)N2CC(=O)NCCCc1ccccc1. The molecule has 0 fully saturated rings. The van der Waals surface area contributed by atoms with Gasteiger partial charge >= 0.3 is 0 Å². The molecule has 6 nitrogen and oxygen atoms in total. The van der Waals surface area contributed by atoms with Gasteiger partial charge in [0.05, 0.1) is 12.2 Å². The maximum atomic E-state index is 12.5.